The number of carbonyl (C=O) groups is 1. The van der Waals surface area contributed by atoms with Gasteiger partial charge in [0.2, 0.25) is 0 Å². The van der Waals surface area contributed by atoms with Gasteiger partial charge in [0.15, 0.2) is 11.5 Å². The Morgan fingerprint density at radius 2 is 2.15 bits per heavy atom. The fraction of sp³-hybridized carbons (Fsp3) is 0.533. The van der Waals surface area contributed by atoms with Crippen molar-refractivity contribution in [2.45, 2.75) is 20.3 Å². The first-order valence-electron chi connectivity index (χ1n) is 6.82. The van der Waals surface area contributed by atoms with Crippen molar-refractivity contribution in [3.63, 3.8) is 0 Å². The van der Waals surface area contributed by atoms with Gasteiger partial charge in [-0.05, 0) is 37.5 Å². The van der Waals surface area contributed by atoms with Crippen molar-refractivity contribution in [1.29, 1.82) is 0 Å². The first-order chi connectivity index (χ1) is 9.62. The van der Waals surface area contributed by atoms with Crippen LogP contribution in [0.15, 0.2) is 18.2 Å². The summed E-state index contributed by atoms with van der Waals surface area (Å²) in [6.07, 6.45) is 0.674. The van der Waals surface area contributed by atoms with E-state index < -0.39 is 0 Å². The summed E-state index contributed by atoms with van der Waals surface area (Å²) in [7, 11) is 1.56. The Hall–Kier alpha value is -1.75. The molecule has 5 nitrogen and oxygen atoms in total. The molecule has 0 aromatic heterocycles. The molecule has 1 amide bonds. The van der Waals surface area contributed by atoms with Crippen molar-refractivity contribution in [1.82, 2.24) is 5.32 Å². The number of aliphatic hydroxyl groups is 1. The minimum atomic E-state index is -0.154. The highest BCUT2D eigenvalue weighted by Gasteiger charge is 2.11. The number of hydrogen-bond donors (Lipinski definition) is 2. The molecule has 1 aromatic rings. The van der Waals surface area contributed by atoms with Gasteiger partial charge < -0.3 is 19.9 Å². The Morgan fingerprint density at radius 3 is 2.75 bits per heavy atom. The van der Waals surface area contributed by atoms with Crippen molar-refractivity contribution < 1.29 is 19.4 Å². The molecule has 0 saturated carbocycles. The van der Waals surface area contributed by atoms with Gasteiger partial charge in [0.05, 0.1) is 13.7 Å². The van der Waals surface area contributed by atoms with Crippen LogP contribution < -0.4 is 14.8 Å². The van der Waals surface area contributed by atoms with E-state index in [0.717, 1.165) is 0 Å². The zero-order valence-corrected chi connectivity index (χ0v) is 12.3. The van der Waals surface area contributed by atoms with E-state index >= 15 is 0 Å². The van der Waals surface area contributed by atoms with Crippen LogP contribution >= 0.6 is 0 Å². The molecule has 0 bridgehead atoms. The Kier molecular flexibility index (Phi) is 6.87. The molecule has 112 valence electrons. The number of benzene rings is 1. The van der Waals surface area contributed by atoms with Crippen LogP contribution in [0.25, 0.3) is 0 Å². The number of methoxy groups -OCH3 is 1. The highest BCUT2D eigenvalue weighted by atomic mass is 16.5. The molecule has 5 heteroatoms. The molecular formula is C15H23NO4. The third-order valence-corrected chi connectivity index (χ3v) is 2.96. The topological polar surface area (TPSA) is 67.8 Å². The van der Waals surface area contributed by atoms with Crippen molar-refractivity contribution in [3.05, 3.63) is 23.8 Å². The molecule has 0 heterocycles. The lowest BCUT2D eigenvalue weighted by Gasteiger charge is -2.13. The maximum atomic E-state index is 12.0. The minimum Gasteiger partial charge on any atom is -0.493 e. The highest BCUT2D eigenvalue weighted by Crippen LogP contribution is 2.27. The average molecular weight is 281 g/mol. The molecule has 20 heavy (non-hydrogen) atoms. The monoisotopic (exact) mass is 281 g/mol. The summed E-state index contributed by atoms with van der Waals surface area (Å²) >= 11 is 0. The summed E-state index contributed by atoms with van der Waals surface area (Å²) in [4.78, 5) is 12.0. The van der Waals surface area contributed by atoms with Crippen LogP contribution in [0.2, 0.25) is 0 Å². The van der Waals surface area contributed by atoms with Gasteiger partial charge in [-0.2, -0.15) is 0 Å². The highest BCUT2D eigenvalue weighted by molar-refractivity contribution is 5.94. The van der Waals surface area contributed by atoms with E-state index in [4.69, 9.17) is 14.6 Å². The summed E-state index contributed by atoms with van der Waals surface area (Å²) < 4.78 is 10.6. The van der Waals surface area contributed by atoms with Crippen molar-refractivity contribution in [3.8, 4) is 11.5 Å². The molecule has 1 aromatic carbocycles. The molecule has 1 atom stereocenters. The van der Waals surface area contributed by atoms with Gasteiger partial charge in [0.25, 0.3) is 5.91 Å². The molecule has 0 spiro atoms. The molecule has 0 radical (unpaired) electrons. The van der Waals surface area contributed by atoms with Gasteiger partial charge in [0, 0.05) is 18.7 Å². The molecule has 2 N–H and O–H groups in total. The van der Waals surface area contributed by atoms with Crippen LogP contribution in [-0.4, -0.2) is 37.9 Å². The van der Waals surface area contributed by atoms with Crippen LogP contribution in [0, 0.1) is 5.92 Å². The van der Waals surface area contributed by atoms with E-state index in [0.29, 0.717) is 36.6 Å². The van der Waals surface area contributed by atoms with Crippen LogP contribution in [0.1, 0.15) is 30.6 Å². The Bertz CT molecular complexity index is 434. The molecule has 0 aliphatic carbocycles. The van der Waals surface area contributed by atoms with Crippen molar-refractivity contribution in [2.24, 2.45) is 5.92 Å². The number of amides is 1. The normalized spacial score (nSPS) is 11.8. The van der Waals surface area contributed by atoms with Gasteiger partial charge >= 0.3 is 0 Å². The Balaban J connectivity index is 2.70. The molecular weight excluding hydrogens is 258 g/mol. The molecule has 0 saturated heterocycles. The number of rotatable bonds is 8. The number of nitrogens with one attached hydrogen (secondary N) is 1. The lowest BCUT2D eigenvalue weighted by Crippen LogP contribution is -2.28. The third kappa shape index (κ3) is 4.74. The van der Waals surface area contributed by atoms with Crippen LogP contribution in [0.3, 0.4) is 0 Å². The molecule has 1 unspecified atom stereocenters. The van der Waals surface area contributed by atoms with E-state index in [2.05, 4.69) is 5.32 Å². The summed E-state index contributed by atoms with van der Waals surface area (Å²) in [6.45, 7) is 5.04. The average Bonchev–Trinajstić information content (AvgIpc) is 2.45. The third-order valence-electron chi connectivity index (χ3n) is 2.96. The first-order valence-corrected chi connectivity index (χ1v) is 6.82. The second kappa shape index (κ2) is 8.43. The largest absolute Gasteiger partial charge is 0.493 e. The first kappa shape index (κ1) is 16.3. The number of aliphatic hydroxyl groups excluding tert-OH is 1. The van der Waals surface area contributed by atoms with E-state index in [-0.39, 0.29) is 18.4 Å². The van der Waals surface area contributed by atoms with Gasteiger partial charge in [-0.25, -0.2) is 0 Å². The second-order valence-corrected chi connectivity index (χ2v) is 4.63. The quantitative estimate of drug-likeness (QED) is 0.763. The zero-order valence-electron chi connectivity index (χ0n) is 12.3. The molecule has 0 aliphatic heterocycles. The summed E-state index contributed by atoms with van der Waals surface area (Å²) in [5.74, 6) is 1.26. The standard InChI is InChI=1S/C15H23NO4/c1-4-20-14-9-12(5-6-13(14)19-3)15(18)16-10-11(2)7-8-17/h5-6,9,11,17H,4,7-8,10H2,1-3H3,(H,16,18). The van der Waals surface area contributed by atoms with Crippen molar-refractivity contribution >= 4 is 5.91 Å². The Morgan fingerprint density at radius 1 is 1.40 bits per heavy atom. The lowest BCUT2D eigenvalue weighted by molar-refractivity contribution is 0.0945. The Labute approximate surface area is 119 Å². The smallest absolute Gasteiger partial charge is 0.251 e. The van der Waals surface area contributed by atoms with Gasteiger partial charge in [0.1, 0.15) is 0 Å². The SMILES string of the molecule is CCOc1cc(C(=O)NCC(C)CCO)ccc1OC. The zero-order chi connectivity index (χ0) is 15.0. The predicted molar refractivity (Wildman–Crippen MR) is 77.4 cm³/mol. The van der Waals surface area contributed by atoms with E-state index in [9.17, 15) is 4.79 Å². The number of ether oxygens (including phenoxy) is 2. The molecule has 1 rings (SSSR count). The second-order valence-electron chi connectivity index (χ2n) is 4.63. The lowest BCUT2D eigenvalue weighted by atomic mass is 10.1. The molecule has 0 fully saturated rings. The molecule has 0 aliphatic rings. The van der Waals surface area contributed by atoms with Crippen molar-refractivity contribution in [2.75, 3.05) is 26.9 Å². The number of hydrogen-bond acceptors (Lipinski definition) is 4. The van der Waals surface area contributed by atoms with E-state index in [1.165, 1.54) is 0 Å². The minimum absolute atomic E-state index is 0.133. The van der Waals surface area contributed by atoms with Crippen LogP contribution in [0.5, 0.6) is 11.5 Å². The maximum absolute atomic E-state index is 12.0. The predicted octanol–water partition coefficient (Wildman–Crippen LogP) is 1.84. The fourth-order valence-electron chi connectivity index (χ4n) is 1.78. The van der Waals surface area contributed by atoms with Gasteiger partial charge in [-0.1, -0.05) is 6.92 Å². The summed E-state index contributed by atoms with van der Waals surface area (Å²) in [5, 5.41) is 11.7. The van der Waals surface area contributed by atoms with E-state index in [1.807, 2.05) is 13.8 Å². The van der Waals surface area contributed by atoms with Crippen LogP contribution in [-0.2, 0) is 0 Å². The van der Waals surface area contributed by atoms with E-state index in [1.54, 1.807) is 25.3 Å². The van der Waals surface area contributed by atoms with Gasteiger partial charge in [-0.3, -0.25) is 4.79 Å². The van der Waals surface area contributed by atoms with Gasteiger partial charge in [-0.15, -0.1) is 0 Å². The summed E-state index contributed by atoms with van der Waals surface area (Å²) in [6, 6.07) is 5.10. The maximum Gasteiger partial charge on any atom is 0.251 e. The number of carbonyl (C=O) groups excluding carboxylic acids is 1. The fourth-order valence-corrected chi connectivity index (χ4v) is 1.78. The summed E-state index contributed by atoms with van der Waals surface area (Å²) in [5.41, 5.74) is 0.533. The van der Waals surface area contributed by atoms with Crippen LogP contribution in [0.4, 0.5) is 0 Å².